The number of benzene rings is 2. The quantitative estimate of drug-likeness (QED) is 0.132. The van der Waals surface area contributed by atoms with Gasteiger partial charge in [0.25, 0.3) is 0 Å². The van der Waals surface area contributed by atoms with E-state index < -0.39 is 5.92 Å². The molecular formula is C33H48O7. The number of hydrogen-bond acceptors (Lipinski definition) is 7. The zero-order valence-corrected chi connectivity index (χ0v) is 24.3. The minimum atomic E-state index is -0.424. The molecule has 0 bridgehead atoms. The van der Waals surface area contributed by atoms with Crippen molar-refractivity contribution in [3.63, 3.8) is 0 Å². The van der Waals surface area contributed by atoms with Crippen LogP contribution in [0.3, 0.4) is 0 Å². The molecule has 0 aliphatic carbocycles. The molecule has 0 fully saturated rings. The van der Waals surface area contributed by atoms with Crippen LogP contribution < -0.4 is 4.74 Å². The Labute approximate surface area is 239 Å². The second-order valence-electron chi connectivity index (χ2n) is 10.5. The van der Waals surface area contributed by atoms with Crippen molar-refractivity contribution in [2.75, 3.05) is 33.0 Å². The molecule has 0 spiro atoms. The van der Waals surface area contributed by atoms with E-state index in [2.05, 4.69) is 13.8 Å². The number of ether oxygens (including phenoxy) is 3. The fraction of sp³-hybridized carbons (Fsp3) is 0.576. The number of rotatable bonds is 21. The molecule has 0 saturated carbocycles. The van der Waals surface area contributed by atoms with Crippen molar-refractivity contribution in [3.8, 4) is 16.9 Å². The molecule has 2 aromatic rings. The van der Waals surface area contributed by atoms with Crippen molar-refractivity contribution in [2.24, 2.45) is 11.8 Å². The van der Waals surface area contributed by atoms with Gasteiger partial charge in [-0.3, -0.25) is 4.79 Å². The van der Waals surface area contributed by atoms with E-state index in [9.17, 15) is 9.59 Å². The van der Waals surface area contributed by atoms with Crippen molar-refractivity contribution in [3.05, 3.63) is 54.1 Å². The predicted molar refractivity (Wildman–Crippen MR) is 157 cm³/mol. The fourth-order valence-electron chi connectivity index (χ4n) is 4.08. The number of aliphatic hydroxyl groups excluding tert-OH is 2. The van der Waals surface area contributed by atoms with Crippen molar-refractivity contribution in [1.29, 1.82) is 0 Å². The van der Waals surface area contributed by atoms with Gasteiger partial charge in [0.1, 0.15) is 5.75 Å². The molecule has 1 atom stereocenters. The normalized spacial score (nSPS) is 11.8. The van der Waals surface area contributed by atoms with Gasteiger partial charge in [-0.15, -0.1) is 0 Å². The standard InChI is InChI=1S/C33H48O7/c1-3-26(2)25-40-33(37)30-14-12-28(13-15-30)29-16-18-31(19-17-29)38-20-10-8-6-4-5-7-9-11-21-39-32(36)22-27(23-34)24-35/h12-19,26-27,34-35H,3-11,20-25H2,1-2H3. The topological polar surface area (TPSA) is 102 Å². The Bertz CT molecular complexity index is 952. The molecule has 0 aliphatic rings. The maximum atomic E-state index is 12.2. The van der Waals surface area contributed by atoms with Crippen molar-refractivity contribution in [2.45, 2.75) is 78.1 Å². The summed E-state index contributed by atoms with van der Waals surface area (Å²) in [6.07, 6.45) is 9.77. The molecule has 222 valence electrons. The van der Waals surface area contributed by atoms with Gasteiger partial charge < -0.3 is 24.4 Å². The number of unbranched alkanes of at least 4 members (excludes halogenated alkanes) is 7. The average molecular weight is 557 g/mol. The second kappa shape index (κ2) is 20.0. The van der Waals surface area contributed by atoms with Crippen molar-refractivity contribution < 1.29 is 34.0 Å². The Balaban J connectivity index is 1.51. The summed E-state index contributed by atoms with van der Waals surface area (Å²) < 4.78 is 16.4. The lowest BCUT2D eigenvalue weighted by Crippen LogP contribution is -2.18. The summed E-state index contributed by atoms with van der Waals surface area (Å²) in [5.74, 6) is 0.170. The van der Waals surface area contributed by atoms with E-state index in [1.807, 2.05) is 48.5 Å². The van der Waals surface area contributed by atoms with E-state index in [0.29, 0.717) is 31.3 Å². The predicted octanol–water partition coefficient (Wildman–Crippen LogP) is 6.59. The Kier molecular flexibility index (Phi) is 16.7. The van der Waals surface area contributed by atoms with Gasteiger partial charge in [-0.05, 0) is 54.2 Å². The van der Waals surface area contributed by atoms with Crippen LogP contribution in [0, 0.1) is 11.8 Å². The number of hydrogen-bond donors (Lipinski definition) is 2. The van der Waals surface area contributed by atoms with Crippen LogP contribution in [0.4, 0.5) is 0 Å². The Morgan fingerprint density at radius 2 is 1.25 bits per heavy atom. The largest absolute Gasteiger partial charge is 0.494 e. The molecular weight excluding hydrogens is 508 g/mol. The van der Waals surface area contributed by atoms with Gasteiger partial charge in [0.2, 0.25) is 0 Å². The number of carbonyl (C=O) groups excluding carboxylic acids is 2. The average Bonchev–Trinajstić information content (AvgIpc) is 2.99. The van der Waals surface area contributed by atoms with Gasteiger partial charge >= 0.3 is 11.9 Å². The molecule has 40 heavy (non-hydrogen) atoms. The van der Waals surface area contributed by atoms with Crippen LogP contribution in [0.1, 0.15) is 88.4 Å². The van der Waals surface area contributed by atoms with E-state index in [1.54, 1.807) is 0 Å². The summed E-state index contributed by atoms with van der Waals surface area (Å²) in [6.45, 7) is 5.29. The minimum absolute atomic E-state index is 0.0654. The summed E-state index contributed by atoms with van der Waals surface area (Å²) in [4.78, 5) is 23.8. The Morgan fingerprint density at radius 1 is 0.725 bits per heavy atom. The lowest BCUT2D eigenvalue weighted by molar-refractivity contribution is -0.145. The summed E-state index contributed by atoms with van der Waals surface area (Å²) in [5.41, 5.74) is 2.68. The zero-order valence-electron chi connectivity index (χ0n) is 24.3. The smallest absolute Gasteiger partial charge is 0.338 e. The van der Waals surface area contributed by atoms with E-state index >= 15 is 0 Å². The summed E-state index contributed by atoms with van der Waals surface area (Å²) in [5, 5.41) is 18.0. The highest BCUT2D eigenvalue weighted by Crippen LogP contribution is 2.23. The van der Waals surface area contributed by atoms with Gasteiger partial charge in [0.05, 0.1) is 31.8 Å². The molecule has 0 saturated heterocycles. The maximum Gasteiger partial charge on any atom is 0.338 e. The molecule has 2 aromatic carbocycles. The van der Waals surface area contributed by atoms with Crippen LogP contribution in [0.25, 0.3) is 11.1 Å². The molecule has 0 amide bonds. The highest BCUT2D eigenvalue weighted by Gasteiger charge is 2.13. The van der Waals surface area contributed by atoms with Gasteiger partial charge in [-0.1, -0.05) is 83.1 Å². The van der Waals surface area contributed by atoms with Crippen LogP contribution in [-0.4, -0.2) is 55.2 Å². The lowest BCUT2D eigenvalue weighted by Gasteiger charge is -2.10. The summed E-state index contributed by atoms with van der Waals surface area (Å²) in [6, 6.07) is 15.6. The highest BCUT2D eigenvalue weighted by molar-refractivity contribution is 5.90. The van der Waals surface area contributed by atoms with Gasteiger partial charge in [0, 0.05) is 19.1 Å². The third-order valence-electron chi connectivity index (χ3n) is 7.05. The lowest BCUT2D eigenvalue weighted by atomic mass is 10.0. The van der Waals surface area contributed by atoms with Crippen LogP contribution in [0.15, 0.2) is 48.5 Å². The second-order valence-corrected chi connectivity index (χ2v) is 10.5. The minimum Gasteiger partial charge on any atom is -0.494 e. The molecule has 0 heterocycles. The Hall–Kier alpha value is -2.90. The van der Waals surface area contributed by atoms with E-state index in [4.69, 9.17) is 24.4 Å². The van der Waals surface area contributed by atoms with Crippen LogP contribution in [0.2, 0.25) is 0 Å². The zero-order chi connectivity index (χ0) is 29.0. The van der Waals surface area contributed by atoms with Crippen LogP contribution in [-0.2, 0) is 14.3 Å². The number of esters is 2. The van der Waals surface area contributed by atoms with E-state index in [1.165, 1.54) is 19.3 Å². The molecule has 7 heteroatoms. The monoisotopic (exact) mass is 556 g/mol. The van der Waals surface area contributed by atoms with E-state index in [0.717, 1.165) is 55.4 Å². The molecule has 0 aliphatic heterocycles. The first-order valence-electron chi connectivity index (χ1n) is 14.8. The molecule has 1 unspecified atom stereocenters. The van der Waals surface area contributed by atoms with Gasteiger partial charge in [-0.2, -0.15) is 0 Å². The van der Waals surface area contributed by atoms with E-state index in [-0.39, 0.29) is 31.6 Å². The SMILES string of the molecule is CCC(C)COC(=O)c1ccc(-c2ccc(OCCCCCCCCCCOC(=O)CC(CO)CO)cc2)cc1. The van der Waals surface area contributed by atoms with Crippen molar-refractivity contribution >= 4 is 11.9 Å². The molecule has 2 rings (SSSR count). The van der Waals surface area contributed by atoms with Crippen LogP contribution >= 0.6 is 0 Å². The fourth-order valence-corrected chi connectivity index (χ4v) is 4.08. The number of carbonyl (C=O) groups is 2. The maximum absolute atomic E-state index is 12.2. The van der Waals surface area contributed by atoms with Gasteiger partial charge in [0.15, 0.2) is 0 Å². The summed E-state index contributed by atoms with van der Waals surface area (Å²) in [7, 11) is 0. The third-order valence-corrected chi connectivity index (χ3v) is 7.05. The molecule has 7 nitrogen and oxygen atoms in total. The van der Waals surface area contributed by atoms with Gasteiger partial charge in [-0.25, -0.2) is 4.79 Å². The molecule has 0 aromatic heterocycles. The molecule has 0 radical (unpaired) electrons. The molecule has 2 N–H and O–H groups in total. The first kappa shape index (κ1) is 33.3. The number of aliphatic hydroxyl groups is 2. The Morgan fingerprint density at radius 3 is 1.80 bits per heavy atom. The summed E-state index contributed by atoms with van der Waals surface area (Å²) >= 11 is 0. The first-order valence-corrected chi connectivity index (χ1v) is 14.8. The highest BCUT2D eigenvalue weighted by atomic mass is 16.5. The van der Waals surface area contributed by atoms with Crippen molar-refractivity contribution in [1.82, 2.24) is 0 Å². The van der Waals surface area contributed by atoms with Crippen LogP contribution in [0.5, 0.6) is 5.75 Å². The first-order chi connectivity index (χ1) is 19.5. The third kappa shape index (κ3) is 13.4.